The van der Waals surface area contributed by atoms with E-state index in [1.165, 1.54) is 0 Å². The fourth-order valence-corrected chi connectivity index (χ4v) is 1.73. The van der Waals surface area contributed by atoms with Gasteiger partial charge in [-0.1, -0.05) is 0 Å². The normalized spacial score (nSPS) is 34.0. The van der Waals surface area contributed by atoms with Gasteiger partial charge in [-0.2, -0.15) is 0 Å². The quantitative estimate of drug-likeness (QED) is 0.241. The second-order valence-electron chi connectivity index (χ2n) is 3.53. The molecule has 12 nitrogen and oxygen atoms in total. The molecule has 1 fully saturated rings. The first-order valence-corrected chi connectivity index (χ1v) is 8.17. The number of aliphatic hydroxyl groups excluding tert-OH is 4. The van der Waals surface area contributed by atoms with Crippen LogP contribution in [-0.4, -0.2) is 71.6 Å². The average molecular weight is 360 g/mol. The molecule has 0 aromatic heterocycles. The molecule has 0 spiro atoms. The van der Waals surface area contributed by atoms with Crippen LogP contribution in [0.25, 0.3) is 0 Å². The van der Waals surface area contributed by atoms with Crippen LogP contribution in [0.2, 0.25) is 0 Å². The van der Waals surface area contributed by atoms with Crippen LogP contribution < -0.4 is 0 Å². The SMILES string of the molecule is O=P(O)(O)OC1OC(CO)C(O)C(O)C1O.[O]=[V](=[O])[OH]. The molecule has 0 radical (unpaired) electrons. The van der Waals surface area contributed by atoms with Crippen molar-refractivity contribution in [1.29, 1.82) is 0 Å². The Labute approximate surface area is 116 Å². The molecular formula is C6H14O12PV. The number of phosphoric acid groups is 1. The van der Waals surface area contributed by atoms with Gasteiger partial charge in [-0.3, -0.25) is 4.52 Å². The van der Waals surface area contributed by atoms with Crippen molar-refractivity contribution < 1.29 is 70.8 Å². The fourth-order valence-electron chi connectivity index (χ4n) is 1.29. The van der Waals surface area contributed by atoms with E-state index in [0.717, 1.165) is 0 Å². The van der Waals surface area contributed by atoms with E-state index in [4.69, 9.17) is 26.3 Å². The van der Waals surface area contributed by atoms with Crippen molar-refractivity contribution in [2.24, 2.45) is 0 Å². The molecule has 1 rings (SSSR count). The molecule has 7 N–H and O–H groups in total. The van der Waals surface area contributed by atoms with E-state index < -0.39 is 60.5 Å². The molecular weight excluding hydrogens is 346 g/mol. The Kier molecular flexibility index (Phi) is 8.51. The molecule has 0 bridgehead atoms. The van der Waals surface area contributed by atoms with E-state index in [1.54, 1.807) is 0 Å². The Hall–Kier alpha value is 0.0544. The Morgan fingerprint density at radius 1 is 1.10 bits per heavy atom. The summed E-state index contributed by atoms with van der Waals surface area (Å²) in [5.74, 6) is 0. The van der Waals surface area contributed by atoms with Crippen LogP contribution in [0.3, 0.4) is 0 Å². The first-order valence-electron chi connectivity index (χ1n) is 4.87. The van der Waals surface area contributed by atoms with Crippen LogP contribution in [0.5, 0.6) is 0 Å². The third-order valence-corrected chi connectivity index (χ3v) is 2.57. The predicted molar refractivity (Wildman–Crippen MR) is 50.5 cm³/mol. The number of ether oxygens (including phenoxy) is 1. The number of hydrogen-bond acceptors (Lipinski definition) is 9. The van der Waals surface area contributed by atoms with Crippen molar-refractivity contribution in [3.63, 3.8) is 0 Å². The molecule has 0 aromatic carbocycles. The van der Waals surface area contributed by atoms with Gasteiger partial charge >= 0.3 is 34.6 Å². The summed E-state index contributed by atoms with van der Waals surface area (Å²) in [6.07, 6.45) is -8.25. The number of aliphatic hydroxyl groups is 4. The van der Waals surface area contributed by atoms with E-state index in [9.17, 15) is 19.9 Å². The molecule has 1 aliphatic rings. The minimum absolute atomic E-state index is 0.702. The molecule has 0 amide bonds. The molecule has 120 valence electrons. The maximum atomic E-state index is 10.5. The molecule has 14 heteroatoms. The van der Waals surface area contributed by atoms with Crippen molar-refractivity contribution in [1.82, 2.24) is 0 Å². The van der Waals surface area contributed by atoms with E-state index in [0.29, 0.717) is 0 Å². The van der Waals surface area contributed by atoms with Gasteiger partial charge in [0.25, 0.3) is 0 Å². The topological polar surface area (TPSA) is 211 Å². The zero-order chi connectivity index (χ0) is 16.1. The van der Waals surface area contributed by atoms with Gasteiger partial charge in [0.2, 0.25) is 0 Å². The van der Waals surface area contributed by atoms with Gasteiger partial charge in [-0.15, -0.1) is 0 Å². The van der Waals surface area contributed by atoms with Gasteiger partial charge in [-0.25, -0.2) is 4.57 Å². The van der Waals surface area contributed by atoms with Gasteiger partial charge in [0, 0.05) is 0 Å². The summed E-state index contributed by atoms with van der Waals surface area (Å²) in [6.45, 7) is -0.702. The summed E-state index contributed by atoms with van der Waals surface area (Å²) < 4.78 is 43.7. The van der Waals surface area contributed by atoms with Crippen LogP contribution in [-0.2, 0) is 36.6 Å². The van der Waals surface area contributed by atoms with Crippen LogP contribution in [0.4, 0.5) is 0 Å². The Balaban J connectivity index is 0.000000796. The summed E-state index contributed by atoms with van der Waals surface area (Å²) in [4.78, 5) is 17.0. The van der Waals surface area contributed by atoms with E-state index in [2.05, 4.69) is 9.26 Å². The van der Waals surface area contributed by atoms with Crippen LogP contribution in [0.15, 0.2) is 0 Å². The van der Waals surface area contributed by atoms with Crippen molar-refractivity contribution >= 4 is 7.82 Å². The van der Waals surface area contributed by atoms with Gasteiger partial charge in [0.1, 0.15) is 24.4 Å². The summed E-state index contributed by atoms with van der Waals surface area (Å²) in [5.41, 5.74) is 0. The Morgan fingerprint density at radius 3 is 1.90 bits per heavy atom. The molecule has 1 aliphatic heterocycles. The Morgan fingerprint density at radius 2 is 1.55 bits per heavy atom. The summed E-state index contributed by atoms with van der Waals surface area (Å²) >= 11 is -3.69. The van der Waals surface area contributed by atoms with Gasteiger partial charge in [-0.05, 0) is 0 Å². The van der Waals surface area contributed by atoms with E-state index >= 15 is 0 Å². The second kappa shape index (κ2) is 8.49. The standard InChI is InChI=1S/C6H13O9P.H2O.2O.V/c7-1-2-3(8)4(9)5(10)6(14-2)15-16(11,12)13;;;;/h2-10H,1H2,(H2,11,12,13);1H2;;;/q;;;;+1/p-1. The van der Waals surface area contributed by atoms with Crippen molar-refractivity contribution in [2.45, 2.75) is 30.7 Å². The molecule has 1 heterocycles. The van der Waals surface area contributed by atoms with Gasteiger partial charge in [0.15, 0.2) is 6.29 Å². The molecule has 0 aliphatic carbocycles. The zero-order valence-corrected chi connectivity index (χ0v) is 12.0. The van der Waals surface area contributed by atoms with Crippen LogP contribution >= 0.6 is 7.82 Å². The summed E-state index contributed by atoms with van der Waals surface area (Å²) in [6, 6.07) is 0. The predicted octanol–water partition coefficient (Wildman–Crippen LogP) is -3.90. The van der Waals surface area contributed by atoms with Crippen molar-refractivity contribution in [2.75, 3.05) is 6.61 Å². The fraction of sp³-hybridized carbons (Fsp3) is 1.00. The molecule has 0 aromatic rings. The molecule has 0 saturated carbocycles. The summed E-state index contributed by atoms with van der Waals surface area (Å²) in [7, 11) is -4.91. The zero-order valence-electron chi connectivity index (χ0n) is 9.66. The van der Waals surface area contributed by atoms with Crippen molar-refractivity contribution in [3.05, 3.63) is 0 Å². The second-order valence-corrected chi connectivity index (χ2v) is 5.47. The third kappa shape index (κ3) is 7.17. The minimum atomic E-state index is -4.91. The van der Waals surface area contributed by atoms with Crippen LogP contribution in [0, 0.1) is 0 Å². The molecule has 20 heavy (non-hydrogen) atoms. The Bertz CT molecular complexity index is 395. The monoisotopic (exact) mass is 360 g/mol. The third-order valence-electron chi connectivity index (χ3n) is 2.09. The molecule has 1 saturated heterocycles. The number of rotatable bonds is 3. The molecule has 5 atom stereocenters. The number of phosphoric ester groups is 1. The number of hydrogen-bond donors (Lipinski definition) is 7. The maximum absolute atomic E-state index is 10.5. The first kappa shape index (κ1) is 20.1. The summed E-state index contributed by atoms with van der Waals surface area (Å²) in [5, 5.41) is 36.6. The van der Waals surface area contributed by atoms with Gasteiger partial charge < -0.3 is 34.9 Å². The van der Waals surface area contributed by atoms with Crippen LogP contribution in [0.1, 0.15) is 0 Å². The first-order chi connectivity index (χ1) is 8.99. The molecule has 5 unspecified atom stereocenters. The average Bonchev–Trinajstić information content (AvgIpc) is 2.27. The van der Waals surface area contributed by atoms with Crippen molar-refractivity contribution in [3.8, 4) is 0 Å². The van der Waals surface area contributed by atoms with E-state index in [1.807, 2.05) is 0 Å². The van der Waals surface area contributed by atoms with Gasteiger partial charge in [0.05, 0.1) is 6.61 Å². The van der Waals surface area contributed by atoms with E-state index in [-0.39, 0.29) is 0 Å².